The highest BCUT2D eigenvalue weighted by Gasteiger charge is 2.21. The predicted molar refractivity (Wildman–Crippen MR) is 81.9 cm³/mol. The van der Waals surface area contributed by atoms with Crippen molar-refractivity contribution in [3.05, 3.63) is 28.2 Å². The zero-order valence-corrected chi connectivity index (χ0v) is 13.3. The van der Waals surface area contributed by atoms with Gasteiger partial charge in [0.25, 0.3) is 0 Å². The van der Waals surface area contributed by atoms with Crippen LogP contribution in [-0.4, -0.2) is 23.1 Å². The minimum atomic E-state index is -1.03. The summed E-state index contributed by atoms with van der Waals surface area (Å²) in [5.74, 6) is -0.848. The van der Waals surface area contributed by atoms with E-state index < -0.39 is 18.0 Å². The number of carboxylic acid groups (broad SMARTS) is 1. The SMILES string of the molecule is Cc1ccc(Br)c(NC(=O)N[C@@H](CC(C)C)C(=O)O)c1. The van der Waals surface area contributed by atoms with E-state index in [9.17, 15) is 9.59 Å². The van der Waals surface area contributed by atoms with Gasteiger partial charge in [0.2, 0.25) is 0 Å². The molecule has 0 saturated carbocycles. The first-order valence-corrected chi connectivity index (χ1v) is 7.15. The molecule has 0 fully saturated rings. The Labute approximate surface area is 126 Å². The molecule has 5 nitrogen and oxygen atoms in total. The number of benzene rings is 1. The Hall–Kier alpha value is -1.56. The normalized spacial score (nSPS) is 12.1. The Morgan fingerprint density at radius 2 is 2.00 bits per heavy atom. The molecule has 1 atom stereocenters. The van der Waals surface area contributed by atoms with Crippen LogP contribution in [-0.2, 0) is 4.79 Å². The maximum absolute atomic E-state index is 11.9. The molecule has 0 aliphatic heterocycles. The number of carbonyl (C=O) groups is 2. The van der Waals surface area contributed by atoms with Gasteiger partial charge >= 0.3 is 12.0 Å². The number of carbonyl (C=O) groups excluding carboxylic acids is 1. The molecule has 0 radical (unpaired) electrons. The van der Waals surface area contributed by atoms with Gasteiger partial charge in [-0.3, -0.25) is 0 Å². The van der Waals surface area contributed by atoms with Gasteiger partial charge < -0.3 is 15.7 Å². The number of halogens is 1. The molecule has 20 heavy (non-hydrogen) atoms. The van der Waals surface area contributed by atoms with Gasteiger partial charge in [0.1, 0.15) is 6.04 Å². The minimum absolute atomic E-state index is 0.183. The van der Waals surface area contributed by atoms with Gasteiger partial charge in [0.05, 0.1) is 5.69 Å². The summed E-state index contributed by atoms with van der Waals surface area (Å²) in [5.41, 5.74) is 1.61. The third-order valence-electron chi connectivity index (χ3n) is 2.68. The maximum Gasteiger partial charge on any atom is 0.326 e. The molecule has 1 rings (SSSR count). The van der Waals surface area contributed by atoms with Gasteiger partial charge in [-0.25, -0.2) is 9.59 Å². The van der Waals surface area contributed by atoms with E-state index in [1.807, 2.05) is 39.0 Å². The zero-order chi connectivity index (χ0) is 15.3. The van der Waals surface area contributed by atoms with Crippen LogP contribution in [0.15, 0.2) is 22.7 Å². The lowest BCUT2D eigenvalue weighted by Crippen LogP contribution is -2.43. The molecule has 3 N–H and O–H groups in total. The van der Waals surface area contributed by atoms with E-state index in [-0.39, 0.29) is 5.92 Å². The standard InChI is InChI=1S/C14H19BrN2O3/c1-8(2)6-12(13(18)19)17-14(20)16-11-7-9(3)4-5-10(11)15/h4-5,7-8,12H,6H2,1-3H3,(H,18,19)(H2,16,17,20)/t12-/m0/s1. The lowest BCUT2D eigenvalue weighted by molar-refractivity contribution is -0.139. The Morgan fingerprint density at radius 3 is 2.55 bits per heavy atom. The van der Waals surface area contributed by atoms with Crippen molar-refractivity contribution in [1.82, 2.24) is 5.32 Å². The second-order valence-corrected chi connectivity index (χ2v) is 5.96. The summed E-state index contributed by atoms with van der Waals surface area (Å²) in [5, 5.41) is 14.2. The zero-order valence-electron chi connectivity index (χ0n) is 11.7. The Morgan fingerprint density at radius 1 is 1.35 bits per heavy atom. The molecule has 0 unspecified atom stereocenters. The van der Waals surface area contributed by atoms with Crippen molar-refractivity contribution in [3.63, 3.8) is 0 Å². The molecule has 6 heteroatoms. The van der Waals surface area contributed by atoms with Crippen molar-refractivity contribution in [2.45, 2.75) is 33.2 Å². The molecule has 0 heterocycles. The van der Waals surface area contributed by atoms with E-state index in [2.05, 4.69) is 26.6 Å². The summed E-state index contributed by atoms with van der Waals surface area (Å²) < 4.78 is 0.744. The fourth-order valence-corrected chi connectivity index (χ4v) is 2.09. The second kappa shape index (κ2) is 7.28. The molecule has 2 amide bonds. The predicted octanol–water partition coefficient (Wildman–Crippen LogP) is 3.38. The van der Waals surface area contributed by atoms with Crippen molar-refractivity contribution < 1.29 is 14.7 Å². The van der Waals surface area contributed by atoms with Crippen LogP contribution < -0.4 is 10.6 Å². The van der Waals surface area contributed by atoms with Gasteiger partial charge in [-0.15, -0.1) is 0 Å². The van der Waals surface area contributed by atoms with Crippen molar-refractivity contribution in [1.29, 1.82) is 0 Å². The van der Waals surface area contributed by atoms with E-state index in [0.29, 0.717) is 12.1 Å². The fraction of sp³-hybridized carbons (Fsp3) is 0.429. The third-order valence-corrected chi connectivity index (χ3v) is 3.37. The molecule has 0 aliphatic carbocycles. The quantitative estimate of drug-likeness (QED) is 0.767. The van der Waals surface area contributed by atoms with Crippen LogP contribution in [0.5, 0.6) is 0 Å². The van der Waals surface area contributed by atoms with Crippen LogP contribution >= 0.6 is 15.9 Å². The first-order chi connectivity index (χ1) is 9.29. The number of hydrogen-bond donors (Lipinski definition) is 3. The largest absolute Gasteiger partial charge is 0.480 e. The van der Waals surface area contributed by atoms with Crippen LogP contribution in [0.25, 0.3) is 0 Å². The molecular formula is C14H19BrN2O3. The fourth-order valence-electron chi connectivity index (χ4n) is 1.74. The number of aliphatic carboxylic acids is 1. The van der Waals surface area contributed by atoms with E-state index in [1.165, 1.54) is 0 Å². The number of urea groups is 1. The van der Waals surface area contributed by atoms with Gasteiger partial charge in [-0.2, -0.15) is 0 Å². The van der Waals surface area contributed by atoms with Gasteiger partial charge in [0, 0.05) is 4.47 Å². The van der Waals surface area contributed by atoms with Crippen molar-refractivity contribution in [2.24, 2.45) is 5.92 Å². The monoisotopic (exact) mass is 342 g/mol. The number of nitrogens with one attached hydrogen (secondary N) is 2. The Balaban J connectivity index is 2.70. The molecular weight excluding hydrogens is 324 g/mol. The van der Waals surface area contributed by atoms with Gasteiger partial charge in [0.15, 0.2) is 0 Å². The number of anilines is 1. The second-order valence-electron chi connectivity index (χ2n) is 5.10. The highest BCUT2D eigenvalue weighted by atomic mass is 79.9. The highest BCUT2D eigenvalue weighted by molar-refractivity contribution is 9.10. The number of hydrogen-bond acceptors (Lipinski definition) is 2. The highest BCUT2D eigenvalue weighted by Crippen LogP contribution is 2.23. The summed E-state index contributed by atoms with van der Waals surface area (Å²) in [6.07, 6.45) is 0.387. The van der Waals surface area contributed by atoms with Crippen molar-refractivity contribution in [2.75, 3.05) is 5.32 Å². The number of rotatable bonds is 5. The molecule has 0 aromatic heterocycles. The van der Waals surface area contributed by atoms with E-state index in [0.717, 1.165) is 10.0 Å². The first-order valence-electron chi connectivity index (χ1n) is 6.36. The average Bonchev–Trinajstić information content (AvgIpc) is 2.32. The average molecular weight is 343 g/mol. The number of amides is 2. The van der Waals surface area contributed by atoms with Crippen LogP contribution in [0.2, 0.25) is 0 Å². The molecule has 110 valence electrons. The van der Waals surface area contributed by atoms with Crippen LogP contribution in [0.4, 0.5) is 10.5 Å². The summed E-state index contributed by atoms with van der Waals surface area (Å²) >= 11 is 3.34. The van der Waals surface area contributed by atoms with E-state index in [4.69, 9.17) is 5.11 Å². The molecule has 1 aromatic carbocycles. The molecule has 0 bridgehead atoms. The number of carboxylic acids is 1. The topological polar surface area (TPSA) is 78.4 Å². The lowest BCUT2D eigenvalue weighted by Gasteiger charge is -2.17. The first kappa shape index (κ1) is 16.5. The van der Waals surface area contributed by atoms with Crippen LogP contribution in [0.3, 0.4) is 0 Å². The molecule has 0 spiro atoms. The summed E-state index contributed by atoms with van der Waals surface area (Å²) in [6.45, 7) is 5.73. The van der Waals surface area contributed by atoms with E-state index in [1.54, 1.807) is 0 Å². The van der Waals surface area contributed by atoms with Crippen LogP contribution in [0.1, 0.15) is 25.8 Å². The summed E-state index contributed by atoms with van der Waals surface area (Å²) in [6, 6.07) is 4.13. The summed E-state index contributed by atoms with van der Waals surface area (Å²) in [4.78, 5) is 23.0. The molecule has 1 aromatic rings. The summed E-state index contributed by atoms with van der Waals surface area (Å²) in [7, 11) is 0. The number of aryl methyl sites for hydroxylation is 1. The molecule has 0 aliphatic rings. The lowest BCUT2D eigenvalue weighted by atomic mass is 10.0. The minimum Gasteiger partial charge on any atom is -0.480 e. The Kier molecular flexibility index (Phi) is 6.01. The van der Waals surface area contributed by atoms with Gasteiger partial charge in [-0.05, 0) is 52.9 Å². The van der Waals surface area contributed by atoms with E-state index >= 15 is 0 Å². The molecule has 0 saturated heterocycles. The van der Waals surface area contributed by atoms with Crippen molar-refractivity contribution in [3.8, 4) is 0 Å². The third kappa shape index (κ3) is 5.21. The van der Waals surface area contributed by atoms with Crippen molar-refractivity contribution >= 4 is 33.6 Å². The van der Waals surface area contributed by atoms with Crippen LogP contribution in [0, 0.1) is 12.8 Å². The smallest absolute Gasteiger partial charge is 0.326 e. The van der Waals surface area contributed by atoms with Gasteiger partial charge in [-0.1, -0.05) is 19.9 Å². The Bertz CT molecular complexity index is 503. The maximum atomic E-state index is 11.9.